The van der Waals surface area contributed by atoms with Crippen molar-refractivity contribution < 1.29 is 8.81 Å². The Morgan fingerprint density at radius 2 is 1.84 bits per heavy atom. The van der Waals surface area contributed by atoms with Crippen LogP contribution < -0.4 is 0 Å². The molecule has 0 saturated heterocycles. The first-order valence-corrected chi connectivity index (χ1v) is 7.88. The minimum atomic E-state index is -0.439. The van der Waals surface area contributed by atoms with Crippen LogP contribution in [0.5, 0.6) is 0 Å². The molecule has 0 spiro atoms. The number of hydrogen-bond donors (Lipinski definition) is 0. The van der Waals surface area contributed by atoms with E-state index in [1.54, 1.807) is 24.3 Å². The first kappa shape index (κ1) is 15.4. The number of aromatic nitrogens is 1. The molecule has 0 radical (unpaired) electrons. The summed E-state index contributed by atoms with van der Waals surface area (Å²) in [6, 6.07) is 18.9. The molecule has 4 rings (SSSR count). The van der Waals surface area contributed by atoms with E-state index < -0.39 is 5.82 Å². The third-order valence-electron chi connectivity index (χ3n) is 3.85. The van der Waals surface area contributed by atoms with Crippen molar-refractivity contribution in [3.8, 4) is 28.7 Å². The molecule has 120 valence electrons. The molecule has 0 amide bonds. The van der Waals surface area contributed by atoms with Gasteiger partial charge in [0.15, 0.2) is 5.58 Å². The summed E-state index contributed by atoms with van der Waals surface area (Å²) in [6.07, 6.45) is 0. The van der Waals surface area contributed by atoms with Gasteiger partial charge in [-0.1, -0.05) is 29.8 Å². The zero-order chi connectivity index (χ0) is 17.4. The second kappa shape index (κ2) is 6.04. The summed E-state index contributed by atoms with van der Waals surface area (Å²) in [7, 11) is 0. The van der Waals surface area contributed by atoms with Crippen LogP contribution in [-0.4, -0.2) is 4.98 Å². The van der Waals surface area contributed by atoms with Crippen LogP contribution in [0.25, 0.3) is 33.7 Å². The molecule has 3 nitrogen and oxygen atoms in total. The van der Waals surface area contributed by atoms with Gasteiger partial charge < -0.3 is 4.42 Å². The summed E-state index contributed by atoms with van der Waals surface area (Å²) in [4.78, 5) is 4.37. The Kier molecular flexibility index (Phi) is 3.72. The zero-order valence-corrected chi connectivity index (χ0v) is 13.6. The second-order valence-electron chi connectivity index (χ2n) is 5.52. The number of nitrogens with zero attached hydrogens (tertiary/aromatic N) is 2. The molecule has 1 aromatic heterocycles. The van der Waals surface area contributed by atoms with Gasteiger partial charge in [0, 0.05) is 16.1 Å². The van der Waals surface area contributed by atoms with Gasteiger partial charge in [-0.2, -0.15) is 5.26 Å². The highest BCUT2D eigenvalue weighted by molar-refractivity contribution is 6.31. The Morgan fingerprint density at radius 1 is 1.00 bits per heavy atom. The van der Waals surface area contributed by atoms with Crippen LogP contribution in [0.1, 0.15) is 5.56 Å². The van der Waals surface area contributed by atoms with Gasteiger partial charge in [0.2, 0.25) is 5.89 Å². The number of halogens is 2. The highest BCUT2D eigenvalue weighted by Gasteiger charge is 2.13. The van der Waals surface area contributed by atoms with Crippen molar-refractivity contribution >= 4 is 22.7 Å². The molecule has 0 saturated carbocycles. The molecule has 3 aromatic carbocycles. The van der Waals surface area contributed by atoms with Crippen molar-refractivity contribution in [1.29, 1.82) is 5.26 Å². The Balaban J connectivity index is 1.79. The maximum atomic E-state index is 14.6. The van der Waals surface area contributed by atoms with Crippen LogP contribution in [0, 0.1) is 17.1 Å². The maximum absolute atomic E-state index is 14.6. The largest absolute Gasteiger partial charge is 0.436 e. The molecule has 0 bridgehead atoms. The summed E-state index contributed by atoms with van der Waals surface area (Å²) in [6.45, 7) is 0. The van der Waals surface area contributed by atoms with E-state index in [1.165, 1.54) is 12.1 Å². The smallest absolute Gasteiger partial charge is 0.227 e. The van der Waals surface area contributed by atoms with Crippen LogP contribution in [0.15, 0.2) is 65.1 Å². The molecule has 4 aromatic rings. The third kappa shape index (κ3) is 2.86. The van der Waals surface area contributed by atoms with Crippen LogP contribution in [-0.2, 0) is 0 Å². The van der Waals surface area contributed by atoms with E-state index in [2.05, 4.69) is 4.98 Å². The number of para-hydroxylation sites is 2. The summed E-state index contributed by atoms with van der Waals surface area (Å²) < 4.78 is 20.3. The van der Waals surface area contributed by atoms with E-state index in [4.69, 9.17) is 21.3 Å². The molecular formula is C20H10ClFN2O. The Labute approximate surface area is 147 Å². The number of benzene rings is 3. The lowest BCUT2D eigenvalue weighted by Gasteiger charge is -2.06. The topological polar surface area (TPSA) is 49.8 Å². The van der Waals surface area contributed by atoms with Gasteiger partial charge in [-0.15, -0.1) is 0 Å². The fourth-order valence-corrected chi connectivity index (χ4v) is 2.92. The highest BCUT2D eigenvalue weighted by atomic mass is 35.5. The fourth-order valence-electron chi connectivity index (χ4n) is 2.69. The normalized spacial score (nSPS) is 10.8. The van der Waals surface area contributed by atoms with E-state index in [-0.39, 0.29) is 0 Å². The number of hydrogen-bond acceptors (Lipinski definition) is 3. The molecule has 0 N–H and O–H groups in total. The van der Waals surface area contributed by atoms with Crippen molar-refractivity contribution in [2.45, 2.75) is 0 Å². The first-order chi connectivity index (χ1) is 12.1. The molecule has 0 unspecified atom stereocenters. The van der Waals surface area contributed by atoms with Gasteiger partial charge in [-0.3, -0.25) is 0 Å². The lowest BCUT2D eigenvalue weighted by molar-refractivity contribution is 0.612. The van der Waals surface area contributed by atoms with Crippen LogP contribution in [0.2, 0.25) is 5.02 Å². The Bertz CT molecular complexity index is 1110. The predicted molar refractivity (Wildman–Crippen MR) is 94.6 cm³/mol. The van der Waals surface area contributed by atoms with Crippen molar-refractivity contribution in [2.75, 3.05) is 0 Å². The lowest BCUT2D eigenvalue weighted by atomic mass is 10.0. The van der Waals surface area contributed by atoms with E-state index >= 15 is 0 Å². The van der Waals surface area contributed by atoms with E-state index in [1.807, 2.05) is 30.3 Å². The number of nitriles is 1. The fraction of sp³-hybridized carbons (Fsp3) is 0. The first-order valence-electron chi connectivity index (χ1n) is 7.50. The highest BCUT2D eigenvalue weighted by Crippen LogP contribution is 2.31. The minimum Gasteiger partial charge on any atom is -0.436 e. The Hall–Kier alpha value is -3.16. The third-order valence-corrected chi connectivity index (χ3v) is 4.07. The van der Waals surface area contributed by atoms with Gasteiger partial charge in [0.1, 0.15) is 11.3 Å². The van der Waals surface area contributed by atoms with Crippen molar-refractivity contribution in [3.05, 3.63) is 77.1 Å². The summed E-state index contributed by atoms with van der Waals surface area (Å²) >= 11 is 6.00. The molecule has 25 heavy (non-hydrogen) atoms. The maximum Gasteiger partial charge on any atom is 0.227 e. The summed E-state index contributed by atoms with van der Waals surface area (Å²) in [5.74, 6) is -0.0821. The zero-order valence-electron chi connectivity index (χ0n) is 12.8. The average Bonchev–Trinajstić information content (AvgIpc) is 3.05. The van der Waals surface area contributed by atoms with Gasteiger partial charge in [-0.05, 0) is 48.0 Å². The number of fused-ring (bicyclic) bond motifs is 1. The molecule has 0 atom stereocenters. The molecule has 5 heteroatoms. The quantitative estimate of drug-likeness (QED) is 0.458. The number of oxazole rings is 1. The van der Waals surface area contributed by atoms with E-state index in [0.717, 1.165) is 5.52 Å². The van der Waals surface area contributed by atoms with E-state index in [9.17, 15) is 4.39 Å². The number of rotatable bonds is 2. The lowest BCUT2D eigenvalue weighted by Crippen LogP contribution is -1.88. The van der Waals surface area contributed by atoms with Crippen LogP contribution in [0.4, 0.5) is 4.39 Å². The van der Waals surface area contributed by atoms with Crippen molar-refractivity contribution in [1.82, 2.24) is 4.98 Å². The van der Waals surface area contributed by atoms with E-state index in [0.29, 0.717) is 38.8 Å². The second-order valence-corrected chi connectivity index (χ2v) is 5.96. The van der Waals surface area contributed by atoms with Crippen molar-refractivity contribution in [2.24, 2.45) is 0 Å². The SMILES string of the molecule is N#Cc1cc(Cl)cc(-c2ccc(-c3nc4ccccc4o3)cc2F)c1. The van der Waals surface area contributed by atoms with Crippen molar-refractivity contribution in [3.63, 3.8) is 0 Å². The molecule has 1 heterocycles. The summed E-state index contributed by atoms with van der Waals surface area (Å²) in [5, 5.41) is 9.43. The molecular weight excluding hydrogens is 339 g/mol. The average molecular weight is 349 g/mol. The molecule has 0 aliphatic carbocycles. The summed E-state index contributed by atoms with van der Waals surface area (Å²) in [5.41, 5.74) is 3.19. The van der Waals surface area contributed by atoms with Crippen LogP contribution >= 0.6 is 11.6 Å². The monoisotopic (exact) mass is 348 g/mol. The van der Waals surface area contributed by atoms with Crippen LogP contribution in [0.3, 0.4) is 0 Å². The van der Waals surface area contributed by atoms with Gasteiger partial charge >= 0.3 is 0 Å². The standard InChI is InChI=1S/C20H10ClFN2O/c21-15-8-12(11-23)7-14(9-15)16-6-5-13(10-17(16)22)20-24-18-3-1-2-4-19(18)25-20/h1-10H. The molecule has 0 aliphatic rings. The molecule has 0 aliphatic heterocycles. The van der Waals surface area contributed by atoms with Gasteiger partial charge in [-0.25, -0.2) is 9.37 Å². The van der Waals surface area contributed by atoms with Gasteiger partial charge in [0.25, 0.3) is 0 Å². The Morgan fingerprint density at radius 3 is 2.60 bits per heavy atom. The predicted octanol–water partition coefficient (Wildman–Crippen LogP) is 5.83. The molecule has 0 fully saturated rings. The van der Waals surface area contributed by atoms with Gasteiger partial charge in [0.05, 0.1) is 11.6 Å². The minimum absolute atomic E-state index is 0.357.